The Kier molecular flexibility index (Phi) is 5.62. The second kappa shape index (κ2) is 7.01. The number of hydrogen-bond donors (Lipinski definition) is 3. The standard InChI is InChI=1S/C11H19N3O3/c1-2-3-6-12-10(16)7-13-8-4-5-9(15)14-11(8)17/h8,13H,2-7H2,1H3,(H,12,16)(H,14,15,17). The van der Waals surface area contributed by atoms with E-state index in [1.54, 1.807) is 0 Å². The molecule has 96 valence electrons. The maximum atomic E-state index is 11.4. The fraction of sp³-hybridized carbons (Fsp3) is 0.727. The molecule has 0 aliphatic carbocycles. The second-order valence-electron chi connectivity index (χ2n) is 4.09. The van der Waals surface area contributed by atoms with Gasteiger partial charge in [-0.2, -0.15) is 0 Å². The van der Waals surface area contributed by atoms with Crippen LogP contribution in [0.1, 0.15) is 32.6 Å². The van der Waals surface area contributed by atoms with Crippen molar-refractivity contribution < 1.29 is 14.4 Å². The highest BCUT2D eigenvalue weighted by molar-refractivity contribution is 6.00. The maximum absolute atomic E-state index is 11.4. The molecule has 3 N–H and O–H groups in total. The van der Waals surface area contributed by atoms with E-state index >= 15 is 0 Å². The Hall–Kier alpha value is -1.43. The molecule has 1 saturated heterocycles. The molecule has 0 bridgehead atoms. The molecule has 0 aromatic heterocycles. The van der Waals surface area contributed by atoms with Crippen LogP contribution in [0.4, 0.5) is 0 Å². The summed E-state index contributed by atoms with van der Waals surface area (Å²) in [5.74, 6) is -0.716. The van der Waals surface area contributed by atoms with Gasteiger partial charge in [0.05, 0.1) is 12.6 Å². The zero-order valence-corrected chi connectivity index (χ0v) is 10.0. The van der Waals surface area contributed by atoms with E-state index in [2.05, 4.69) is 16.0 Å². The van der Waals surface area contributed by atoms with Gasteiger partial charge in [-0.25, -0.2) is 0 Å². The molecular weight excluding hydrogens is 222 g/mol. The van der Waals surface area contributed by atoms with Crippen molar-refractivity contribution in [2.24, 2.45) is 0 Å². The van der Waals surface area contributed by atoms with Gasteiger partial charge in [-0.1, -0.05) is 13.3 Å². The van der Waals surface area contributed by atoms with Gasteiger partial charge in [-0.3, -0.25) is 25.0 Å². The highest BCUT2D eigenvalue weighted by Gasteiger charge is 2.26. The number of carbonyl (C=O) groups is 3. The summed E-state index contributed by atoms with van der Waals surface area (Å²) >= 11 is 0. The Balaban J connectivity index is 2.19. The van der Waals surface area contributed by atoms with Gasteiger partial charge in [-0.05, 0) is 12.8 Å². The maximum Gasteiger partial charge on any atom is 0.243 e. The molecule has 3 amide bonds. The predicted octanol–water partition coefficient (Wildman–Crippen LogP) is -0.702. The van der Waals surface area contributed by atoms with Crippen molar-refractivity contribution in [1.29, 1.82) is 0 Å². The summed E-state index contributed by atoms with van der Waals surface area (Å²) in [6, 6.07) is -0.440. The SMILES string of the molecule is CCCCNC(=O)CNC1CCC(=O)NC1=O. The lowest BCUT2D eigenvalue weighted by molar-refractivity contribution is -0.134. The molecule has 6 nitrogen and oxygen atoms in total. The van der Waals surface area contributed by atoms with Gasteiger partial charge in [0, 0.05) is 13.0 Å². The van der Waals surface area contributed by atoms with Crippen LogP contribution in [0, 0.1) is 0 Å². The van der Waals surface area contributed by atoms with Crippen molar-refractivity contribution in [2.75, 3.05) is 13.1 Å². The smallest absolute Gasteiger partial charge is 0.243 e. The molecule has 1 fully saturated rings. The van der Waals surface area contributed by atoms with Gasteiger partial charge in [0.15, 0.2) is 0 Å². The zero-order chi connectivity index (χ0) is 12.7. The van der Waals surface area contributed by atoms with E-state index in [4.69, 9.17) is 0 Å². The molecule has 1 unspecified atom stereocenters. The van der Waals surface area contributed by atoms with Crippen molar-refractivity contribution in [3.8, 4) is 0 Å². The second-order valence-corrected chi connectivity index (χ2v) is 4.09. The average molecular weight is 241 g/mol. The van der Waals surface area contributed by atoms with E-state index in [0.29, 0.717) is 19.4 Å². The van der Waals surface area contributed by atoms with Crippen molar-refractivity contribution in [1.82, 2.24) is 16.0 Å². The summed E-state index contributed by atoms with van der Waals surface area (Å²) in [6.07, 6.45) is 2.75. The number of piperidine rings is 1. The summed E-state index contributed by atoms with van der Waals surface area (Å²) < 4.78 is 0. The van der Waals surface area contributed by atoms with Gasteiger partial charge in [0.2, 0.25) is 17.7 Å². The first kappa shape index (κ1) is 13.6. The summed E-state index contributed by atoms with van der Waals surface area (Å²) in [7, 11) is 0. The van der Waals surface area contributed by atoms with Crippen LogP contribution in [0.25, 0.3) is 0 Å². The average Bonchev–Trinajstić information content (AvgIpc) is 2.28. The first-order chi connectivity index (χ1) is 8.13. The molecule has 1 rings (SSSR count). The lowest BCUT2D eigenvalue weighted by Crippen LogP contribution is -2.52. The van der Waals surface area contributed by atoms with Crippen LogP contribution >= 0.6 is 0 Å². The summed E-state index contributed by atoms with van der Waals surface area (Å²) in [4.78, 5) is 33.6. The molecule has 1 aliphatic heterocycles. The minimum Gasteiger partial charge on any atom is -0.355 e. The van der Waals surface area contributed by atoms with E-state index < -0.39 is 6.04 Å². The third-order valence-corrected chi connectivity index (χ3v) is 2.60. The summed E-state index contributed by atoms with van der Waals surface area (Å²) in [5, 5.41) is 7.82. The summed E-state index contributed by atoms with van der Waals surface area (Å²) in [6.45, 7) is 2.82. The lowest BCUT2D eigenvalue weighted by Gasteiger charge is -2.21. The Morgan fingerprint density at radius 3 is 2.88 bits per heavy atom. The molecule has 1 atom stereocenters. The Morgan fingerprint density at radius 1 is 1.47 bits per heavy atom. The van der Waals surface area contributed by atoms with Crippen molar-refractivity contribution >= 4 is 17.7 Å². The van der Waals surface area contributed by atoms with Crippen LogP contribution < -0.4 is 16.0 Å². The molecule has 0 aromatic carbocycles. The first-order valence-corrected chi connectivity index (χ1v) is 5.97. The van der Waals surface area contributed by atoms with Crippen LogP contribution in [-0.4, -0.2) is 36.9 Å². The molecule has 0 spiro atoms. The van der Waals surface area contributed by atoms with Crippen LogP contribution in [0.3, 0.4) is 0 Å². The number of nitrogens with one attached hydrogen (secondary N) is 3. The van der Waals surface area contributed by atoms with Crippen molar-refractivity contribution in [2.45, 2.75) is 38.6 Å². The van der Waals surface area contributed by atoms with Crippen LogP contribution in [0.5, 0.6) is 0 Å². The zero-order valence-electron chi connectivity index (χ0n) is 10.0. The number of hydrogen-bond acceptors (Lipinski definition) is 4. The number of rotatable bonds is 6. The van der Waals surface area contributed by atoms with E-state index in [9.17, 15) is 14.4 Å². The largest absolute Gasteiger partial charge is 0.355 e. The van der Waals surface area contributed by atoms with Gasteiger partial charge in [0.1, 0.15) is 0 Å². The molecule has 17 heavy (non-hydrogen) atoms. The van der Waals surface area contributed by atoms with Crippen molar-refractivity contribution in [3.05, 3.63) is 0 Å². The molecule has 1 heterocycles. The monoisotopic (exact) mass is 241 g/mol. The number of amides is 3. The third-order valence-electron chi connectivity index (χ3n) is 2.60. The fourth-order valence-corrected chi connectivity index (χ4v) is 1.57. The van der Waals surface area contributed by atoms with Gasteiger partial charge in [-0.15, -0.1) is 0 Å². The van der Waals surface area contributed by atoms with Gasteiger partial charge >= 0.3 is 0 Å². The predicted molar refractivity (Wildman–Crippen MR) is 62.1 cm³/mol. The molecule has 0 saturated carbocycles. The highest BCUT2D eigenvalue weighted by Crippen LogP contribution is 2.03. The van der Waals surface area contributed by atoms with E-state index in [1.807, 2.05) is 6.92 Å². The Bertz CT molecular complexity index is 304. The van der Waals surface area contributed by atoms with E-state index in [0.717, 1.165) is 12.8 Å². The Labute approximate surface area is 101 Å². The van der Waals surface area contributed by atoms with Gasteiger partial charge in [0.25, 0.3) is 0 Å². The van der Waals surface area contributed by atoms with Crippen LogP contribution in [-0.2, 0) is 14.4 Å². The molecule has 0 aromatic rings. The normalized spacial score (nSPS) is 19.9. The van der Waals surface area contributed by atoms with Crippen LogP contribution in [0.2, 0.25) is 0 Å². The number of carbonyl (C=O) groups excluding carboxylic acids is 3. The van der Waals surface area contributed by atoms with Gasteiger partial charge < -0.3 is 5.32 Å². The lowest BCUT2D eigenvalue weighted by atomic mass is 10.1. The summed E-state index contributed by atoms with van der Waals surface area (Å²) in [5.41, 5.74) is 0. The minimum absolute atomic E-state index is 0.107. The molecular formula is C11H19N3O3. The first-order valence-electron chi connectivity index (χ1n) is 5.97. The Morgan fingerprint density at radius 2 is 2.24 bits per heavy atom. The molecule has 6 heteroatoms. The minimum atomic E-state index is -0.440. The van der Waals surface area contributed by atoms with E-state index in [1.165, 1.54) is 0 Å². The number of unbranched alkanes of at least 4 members (excludes halogenated alkanes) is 1. The molecule has 1 aliphatic rings. The third kappa shape index (κ3) is 4.95. The number of imide groups is 1. The fourth-order valence-electron chi connectivity index (χ4n) is 1.57. The molecule has 0 radical (unpaired) electrons. The quantitative estimate of drug-likeness (QED) is 0.424. The highest BCUT2D eigenvalue weighted by atomic mass is 16.2. The van der Waals surface area contributed by atoms with Crippen molar-refractivity contribution in [3.63, 3.8) is 0 Å². The topological polar surface area (TPSA) is 87.3 Å². The van der Waals surface area contributed by atoms with E-state index in [-0.39, 0.29) is 24.3 Å². The van der Waals surface area contributed by atoms with Crippen LogP contribution in [0.15, 0.2) is 0 Å².